The molecular formula is C22H16O4. The Labute approximate surface area is 151 Å². The van der Waals surface area contributed by atoms with Crippen LogP contribution in [0.5, 0.6) is 0 Å². The normalized spacial score (nSPS) is 15.2. The summed E-state index contributed by atoms with van der Waals surface area (Å²) in [6.07, 6.45) is -0.847. The maximum absolute atomic E-state index is 12.2. The molecule has 0 N–H and O–H groups in total. The van der Waals surface area contributed by atoms with E-state index in [1.54, 1.807) is 24.3 Å². The van der Waals surface area contributed by atoms with Crippen LogP contribution >= 0.6 is 0 Å². The lowest BCUT2D eigenvalue weighted by Crippen LogP contribution is -2.13. The van der Waals surface area contributed by atoms with Crippen LogP contribution in [0.1, 0.15) is 27.8 Å². The lowest BCUT2D eigenvalue weighted by atomic mass is 10.0. The molecule has 0 fully saturated rings. The molecular weight excluding hydrogens is 328 g/mol. The number of fused-ring (bicyclic) bond motifs is 1. The average molecular weight is 344 g/mol. The summed E-state index contributed by atoms with van der Waals surface area (Å²) in [7, 11) is 0. The first-order chi connectivity index (χ1) is 12.7. The molecule has 0 spiro atoms. The molecule has 4 rings (SSSR count). The van der Waals surface area contributed by atoms with E-state index in [0.717, 1.165) is 16.7 Å². The largest absolute Gasteiger partial charge is 0.420 e. The van der Waals surface area contributed by atoms with Crippen molar-refractivity contribution in [3.8, 4) is 11.1 Å². The molecule has 0 aliphatic carbocycles. The molecule has 0 radical (unpaired) electrons. The Morgan fingerprint density at radius 2 is 1.50 bits per heavy atom. The van der Waals surface area contributed by atoms with Crippen LogP contribution < -0.4 is 0 Å². The molecule has 0 saturated carbocycles. The van der Waals surface area contributed by atoms with Crippen molar-refractivity contribution in [3.63, 3.8) is 0 Å². The van der Waals surface area contributed by atoms with Gasteiger partial charge in [0.2, 0.25) is 0 Å². The molecule has 0 bridgehead atoms. The lowest BCUT2D eigenvalue weighted by Gasteiger charge is -2.12. The van der Waals surface area contributed by atoms with Crippen LogP contribution in [0.15, 0.2) is 78.9 Å². The number of benzene rings is 3. The summed E-state index contributed by atoms with van der Waals surface area (Å²) >= 11 is 0. The van der Waals surface area contributed by atoms with Crippen LogP contribution in [0.4, 0.5) is 0 Å². The van der Waals surface area contributed by atoms with Gasteiger partial charge in [-0.2, -0.15) is 0 Å². The average Bonchev–Trinajstić information content (AvgIpc) is 2.99. The molecule has 128 valence electrons. The van der Waals surface area contributed by atoms with Crippen molar-refractivity contribution >= 4 is 11.9 Å². The molecule has 0 amide bonds. The van der Waals surface area contributed by atoms with Gasteiger partial charge in [0.1, 0.15) is 0 Å². The first kappa shape index (κ1) is 16.1. The van der Waals surface area contributed by atoms with Gasteiger partial charge in [-0.05, 0) is 22.8 Å². The number of carbonyl (C=O) groups excluding carboxylic acids is 2. The molecule has 0 saturated heterocycles. The Morgan fingerprint density at radius 3 is 2.27 bits per heavy atom. The van der Waals surface area contributed by atoms with Crippen molar-refractivity contribution in [2.45, 2.75) is 12.7 Å². The molecule has 3 aromatic rings. The predicted molar refractivity (Wildman–Crippen MR) is 96.3 cm³/mol. The van der Waals surface area contributed by atoms with E-state index in [2.05, 4.69) is 0 Å². The van der Waals surface area contributed by atoms with E-state index in [1.165, 1.54) is 0 Å². The first-order valence-corrected chi connectivity index (χ1v) is 8.34. The molecule has 1 aliphatic rings. The van der Waals surface area contributed by atoms with Gasteiger partial charge in [0.05, 0.1) is 12.0 Å². The van der Waals surface area contributed by atoms with Gasteiger partial charge in [0.15, 0.2) is 0 Å². The van der Waals surface area contributed by atoms with Crippen LogP contribution in [0.25, 0.3) is 11.1 Å². The van der Waals surface area contributed by atoms with Gasteiger partial charge >= 0.3 is 11.9 Å². The minimum absolute atomic E-state index is 0.116. The maximum atomic E-state index is 12.2. The molecule has 26 heavy (non-hydrogen) atoms. The third kappa shape index (κ3) is 3.22. The molecule has 4 heteroatoms. The van der Waals surface area contributed by atoms with Gasteiger partial charge < -0.3 is 9.47 Å². The minimum Gasteiger partial charge on any atom is -0.420 e. The maximum Gasteiger partial charge on any atom is 0.342 e. The van der Waals surface area contributed by atoms with E-state index in [0.29, 0.717) is 11.1 Å². The van der Waals surface area contributed by atoms with E-state index in [4.69, 9.17) is 9.47 Å². The standard InChI is InChI=1S/C22H16O4/c23-20(25-22-19-9-5-4-8-18(19)21(24)26-22)14-15-10-12-17(13-11-15)16-6-2-1-3-7-16/h1-13,22H,14H2. The highest BCUT2D eigenvalue weighted by molar-refractivity contribution is 5.94. The Balaban J connectivity index is 1.42. The predicted octanol–water partition coefficient (Wildman–Crippen LogP) is 4.31. The summed E-state index contributed by atoms with van der Waals surface area (Å²) in [5, 5.41) is 0. The highest BCUT2D eigenvalue weighted by Crippen LogP contribution is 2.31. The Morgan fingerprint density at radius 1 is 0.846 bits per heavy atom. The zero-order chi connectivity index (χ0) is 17.9. The lowest BCUT2D eigenvalue weighted by molar-refractivity contribution is -0.166. The van der Waals surface area contributed by atoms with Crippen molar-refractivity contribution in [3.05, 3.63) is 95.6 Å². The van der Waals surface area contributed by atoms with E-state index in [-0.39, 0.29) is 6.42 Å². The first-order valence-electron chi connectivity index (χ1n) is 8.34. The van der Waals surface area contributed by atoms with Crippen molar-refractivity contribution in [1.29, 1.82) is 0 Å². The SMILES string of the molecule is O=C(Cc1ccc(-c2ccccc2)cc1)OC1OC(=O)c2ccccc21. The van der Waals surface area contributed by atoms with Crippen LogP contribution in [-0.4, -0.2) is 11.9 Å². The second-order valence-electron chi connectivity index (χ2n) is 6.05. The second-order valence-corrected chi connectivity index (χ2v) is 6.05. The van der Waals surface area contributed by atoms with Crippen LogP contribution in [0.3, 0.4) is 0 Å². The Kier molecular flexibility index (Phi) is 4.23. The van der Waals surface area contributed by atoms with Crippen LogP contribution in [0, 0.1) is 0 Å². The number of hydrogen-bond donors (Lipinski definition) is 0. The van der Waals surface area contributed by atoms with E-state index >= 15 is 0 Å². The molecule has 4 nitrogen and oxygen atoms in total. The van der Waals surface area contributed by atoms with E-state index in [1.807, 2.05) is 54.6 Å². The van der Waals surface area contributed by atoms with E-state index < -0.39 is 18.2 Å². The third-order valence-electron chi connectivity index (χ3n) is 4.30. The summed E-state index contributed by atoms with van der Waals surface area (Å²) in [4.78, 5) is 24.0. The molecule has 3 aromatic carbocycles. The number of cyclic esters (lactones) is 1. The number of carbonyl (C=O) groups is 2. The Hall–Kier alpha value is -3.40. The number of esters is 2. The van der Waals surface area contributed by atoms with E-state index in [9.17, 15) is 9.59 Å². The monoisotopic (exact) mass is 344 g/mol. The molecule has 1 heterocycles. The van der Waals surface area contributed by atoms with Gasteiger partial charge in [0, 0.05) is 5.56 Å². The Bertz CT molecular complexity index is 945. The number of hydrogen-bond acceptors (Lipinski definition) is 4. The van der Waals surface area contributed by atoms with Gasteiger partial charge in [-0.15, -0.1) is 0 Å². The van der Waals surface area contributed by atoms with Crippen LogP contribution in [-0.2, 0) is 20.7 Å². The fraction of sp³-hybridized carbons (Fsp3) is 0.0909. The molecule has 1 unspecified atom stereocenters. The third-order valence-corrected chi connectivity index (χ3v) is 4.30. The highest BCUT2D eigenvalue weighted by atomic mass is 16.7. The molecule has 1 atom stereocenters. The van der Waals surface area contributed by atoms with Gasteiger partial charge in [-0.3, -0.25) is 4.79 Å². The minimum atomic E-state index is -0.963. The summed E-state index contributed by atoms with van der Waals surface area (Å²) < 4.78 is 10.5. The molecule has 1 aliphatic heterocycles. The summed E-state index contributed by atoms with van der Waals surface area (Å²) in [5.74, 6) is -0.905. The van der Waals surface area contributed by atoms with Crippen LogP contribution in [0.2, 0.25) is 0 Å². The van der Waals surface area contributed by atoms with Crippen molar-refractivity contribution in [1.82, 2.24) is 0 Å². The topological polar surface area (TPSA) is 52.6 Å². The molecule has 0 aromatic heterocycles. The van der Waals surface area contributed by atoms with Crippen molar-refractivity contribution < 1.29 is 19.1 Å². The summed E-state index contributed by atoms with van der Waals surface area (Å²) in [6, 6.07) is 24.7. The van der Waals surface area contributed by atoms with Gasteiger partial charge in [-0.1, -0.05) is 72.8 Å². The van der Waals surface area contributed by atoms with Gasteiger partial charge in [-0.25, -0.2) is 4.79 Å². The fourth-order valence-corrected chi connectivity index (χ4v) is 2.97. The zero-order valence-electron chi connectivity index (χ0n) is 13.9. The van der Waals surface area contributed by atoms with Crippen molar-refractivity contribution in [2.75, 3.05) is 0 Å². The highest BCUT2D eigenvalue weighted by Gasteiger charge is 2.33. The summed E-state index contributed by atoms with van der Waals surface area (Å²) in [5.41, 5.74) is 4.08. The number of ether oxygens (including phenoxy) is 2. The zero-order valence-corrected chi connectivity index (χ0v) is 13.9. The quantitative estimate of drug-likeness (QED) is 0.662. The summed E-state index contributed by atoms with van der Waals surface area (Å²) in [6.45, 7) is 0. The number of rotatable bonds is 4. The fourth-order valence-electron chi connectivity index (χ4n) is 2.97. The van der Waals surface area contributed by atoms with Gasteiger partial charge in [0.25, 0.3) is 6.29 Å². The second kappa shape index (κ2) is 6.84. The smallest absolute Gasteiger partial charge is 0.342 e. The van der Waals surface area contributed by atoms with Crippen molar-refractivity contribution in [2.24, 2.45) is 0 Å².